The van der Waals surface area contributed by atoms with Gasteiger partial charge in [0.25, 0.3) is 0 Å². The van der Waals surface area contributed by atoms with Crippen LogP contribution < -0.4 is 0 Å². The second-order valence-corrected chi connectivity index (χ2v) is 0. The van der Waals surface area contributed by atoms with Crippen molar-refractivity contribution in [1.29, 1.82) is 0 Å². The third kappa shape index (κ3) is 8.83. The third-order valence-electron chi connectivity index (χ3n) is 0. The molecule has 0 N–H and O–H groups in total. The molecule has 0 radical (unpaired) electrons. The Hall–Kier alpha value is 2.70. The summed E-state index contributed by atoms with van der Waals surface area (Å²) in [6.45, 7) is 0. The van der Waals surface area contributed by atoms with E-state index >= 15 is 0 Å². The van der Waals surface area contributed by atoms with Gasteiger partial charge in [0.2, 0.25) is 0 Å². The fourth-order valence-corrected chi connectivity index (χ4v) is 0. The van der Waals surface area contributed by atoms with E-state index in [0.29, 0.717) is 0 Å². The summed E-state index contributed by atoms with van der Waals surface area (Å²) in [6, 6.07) is 0. The molecule has 0 fully saturated rings. The minimum Gasteiger partial charge on any atom is 0 e. The molecule has 0 spiro atoms. The van der Waals surface area contributed by atoms with Gasteiger partial charge in [-0.3, -0.25) is 0 Å². The maximum absolute atomic E-state index is 0. The molecule has 0 heterocycles. The molecular formula is Pd2Pt2. The Morgan fingerprint density at radius 3 is 0.500 bits per heavy atom. The van der Waals surface area contributed by atoms with Crippen molar-refractivity contribution in [1.82, 2.24) is 0 Å². The van der Waals surface area contributed by atoms with Crippen LogP contribution in [0.3, 0.4) is 0 Å². The Bertz CT molecular complexity index is 4.00. The Labute approximate surface area is 81.7 Å². The van der Waals surface area contributed by atoms with E-state index in [-0.39, 0.29) is 83.0 Å². The van der Waals surface area contributed by atoms with Crippen molar-refractivity contribution in [3.05, 3.63) is 0 Å². The molecule has 0 aromatic heterocycles. The van der Waals surface area contributed by atoms with E-state index in [0.717, 1.165) is 0 Å². The van der Waals surface area contributed by atoms with Gasteiger partial charge in [0.15, 0.2) is 0 Å². The summed E-state index contributed by atoms with van der Waals surface area (Å²) in [5, 5.41) is 0. The Morgan fingerprint density at radius 2 is 0.500 bits per heavy atom. The SMILES string of the molecule is [Pd].[Pd].[Pt].[Pt]. The first-order valence-electron chi connectivity index (χ1n) is 0. The molecule has 0 rings (SSSR count). The van der Waals surface area contributed by atoms with Crippen LogP contribution in [0.25, 0.3) is 0 Å². The van der Waals surface area contributed by atoms with Crippen LogP contribution in [0.15, 0.2) is 0 Å². The maximum Gasteiger partial charge on any atom is 0 e. The van der Waals surface area contributed by atoms with Gasteiger partial charge in [-0.15, -0.1) is 0 Å². The average molecular weight is 603 g/mol. The van der Waals surface area contributed by atoms with Gasteiger partial charge in [0.05, 0.1) is 0 Å². The summed E-state index contributed by atoms with van der Waals surface area (Å²) < 4.78 is 0. The number of hydrogen-bond donors (Lipinski definition) is 0. The summed E-state index contributed by atoms with van der Waals surface area (Å²) in [5.41, 5.74) is 0. The van der Waals surface area contributed by atoms with Crippen LogP contribution in [0.1, 0.15) is 0 Å². The van der Waals surface area contributed by atoms with Gasteiger partial charge in [-0.1, -0.05) is 0 Å². The molecule has 0 unspecified atom stereocenters. The van der Waals surface area contributed by atoms with Crippen molar-refractivity contribution in [2.45, 2.75) is 0 Å². The summed E-state index contributed by atoms with van der Waals surface area (Å²) in [5.74, 6) is 0. The minimum atomic E-state index is 0. The monoisotopic (exact) mass is 602 g/mol. The van der Waals surface area contributed by atoms with E-state index in [4.69, 9.17) is 0 Å². The van der Waals surface area contributed by atoms with Gasteiger partial charge >= 0.3 is 0 Å². The first-order chi connectivity index (χ1) is 0. The molecular weight excluding hydrogens is 603 g/mol. The average Bonchev–Trinajstić information content (AvgIpc) is 0. The summed E-state index contributed by atoms with van der Waals surface area (Å²) in [7, 11) is 0. The first-order valence-corrected chi connectivity index (χ1v) is 0. The zero-order valence-corrected chi connectivity index (χ0v) is 8.92. The van der Waals surface area contributed by atoms with Crippen LogP contribution in [0.2, 0.25) is 0 Å². The Balaban J connectivity index is 0. The molecule has 0 nitrogen and oxygen atoms in total. The second-order valence-electron chi connectivity index (χ2n) is 0. The summed E-state index contributed by atoms with van der Waals surface area (Å²) in [4.78, 5) is 0. The Morgan fingerprint density at radius 1 is 0.500 bits per heavy atom. The van der Waals surface area contributed by atoms with E-state index in [2.05, 4.69) is 0 Å². The quantitative estimate of drug-likeness (QED) is 0.343. The van der Waals surface area contributed by atoms with Crippen LogP contribution >= 0.6 is 0 Å². The maximum atomic E-state index is 0. The molecule has 4 heteroatoms. The van der Waals surface area contributed by atoms with Gasteiger partial charge in [-0.05, 0) is 0 Å². The van der Waals surface area contributed by atoms with Gasteiger partial charge in [0.1, 0.15) is 0 Å². The zero-order valence-electron chi connectivity index (χ0n) is 1.26. The van der Waals surface area contributed by atoms with Crippen molar-refractivity contribution < 1.29 is 83.0 Å². The van der Waals surface area contributed by atoms with Crippen LogP contribution in [-0.2, 0) is 83.0 Å². The molecule has 4 heavy (non-hydrogen) atoms. The molecule has 40 valence electrons. The molecule has 0 saturated heterocycles. The van der Waals surface area contributed by atoms with E-state index in [9.17, 15) is 0 Å². The van der Waals surface area contributed by atoms with Gasteiger partial charge < -0.3 is 0 Å². The standard InChI is InChI=1S/2Pd.2Pt. The van der Waals surface area contributed by atoms with Crippen LogP contribution in [0.4, 0.5) is 0 Å². The van der Waals surface area contributed by atoms with Crippen molar-refractivity contribution >= 4 is 0 Å². The molecule has 0 aromatic carbocycles. The van der Waals surface area contributed by atoms with Gasteiger partial charge in [0, 0.05) is 83.0 Å². The van der Waals surface area contributed by atoms with Gasteiger partial charge in [-0.2, -0.15) is 0 Å². The summed E-state index contributed by atoms with van der Waals surface area (Å²) in [6.07, 6.45) is 0. The minimum absolute atomic E-state index is 0. The third-order valence-corrected chi connectivity index (χ3v) is 0. The molecule has 0 atom stereocenters. The Kier molecular flexibility index (Phi) is 129. The number of hydrogen-bond acceptors (Lipinski definition) is 0. The topological polar surface area (TPSA) is 0 Å². The van der Waals surface area contributed by atoms with Gasteiger partial charge in [-0.25, -0.2) is 0 Å². The molecule has 0 aliphatic carbocycles. The normalized spacial score (nSPS) is 0. The van der Waals surface area contributed by atoms with E-state index in [1.165, 1.54) is 0 Å². The molecule has 0 aromatic rings. The van der Waals surface area contributed by atoms with Crippen molar-refractivity contribution in [3.63, 3.8) is 0 Å². The fraction of sp³-hybridized carbons (Fsp3) is 0. The number of rotatable bonds is 0. The van der Waals surface area contributed by atoms with Crippen LogP contribution in [0.5, 0.6) is 0 Å². The van der Waals surface area contributed by atoms with Crippen molar-refractivity contribution in [2.75, 3.05) is 0 Å². The zero-order chi connectivity index (χ0) is 0. The molecule has 0 aliphatic rings. The van der Waals surface area contributed by atoms with E-state index < -0.39 is 0 Å². The predicted octanol–water partition coefficient (Wildman–Crippen LogP) is -0.0100. The molecule has 0 saturated carbocycles. The van der Waals surface area contributed by atoms with Crippen LogP contribution in [-0.4, -0.2) is 0 Å². The molecule has 0 amide bonds. The first kappa shape index (κ1) is 29.9. The fourth-order valence-electron chi connectivity index (χ4n) is 0. The largest absolute Gasteiger partial charge is 0 e. The van der Waals surface area contributed by atoms with Crippen molar-refractivity contribution in [3.8, 4) is 0 Å². The van der Waals surface area contributed by atoms with E-state index in [1.54, 1.807) is 0 Å². The molecule has 0 aliphatic heterocycles. The molecule has 0 bridgehead atoms. The summed E-state index contributed by atoms with van der Waals surface area (Å²) >= 11 is 0. The van der Waals surface area contributed by atoms with Crippen molar-refractivity contribution in [2.24, 2.45) is 0 Å². The smallest absolute Gasteiger partial charge is 0 e. The van der Waals surface area contributed by atoms with E-state index in [1.807, 2.05) is 0 Å². The second kappa shape index (κ2) is 17.3. The van der Waals surface area contributed by atoms with Crippen LogP contribution in [0, 0.1) is 0 Å². The predicted molar refractivity (Wildman–Crippen MR) is 0 cm³/mol.